The largest absolute Gasteiger partial charge is 0.491 e. The van der Waals surface area contributed by atoms with E-state index in [1.165, 1.54) is 10.4 Å². The lowest BCUT2D eigenvalue weighted by atomic mass is 10.2. The number of hydrogen-bond donors (Lipinski definition) is 2. The van der Waals surface area contributed by atoms with Crippen molar-refractivity contribution in [2.45, 2.75) is 26.0 Å². The Hall–Kier alpha value is -0.880. The maximum Gasteiger partial charge on any atom is 0.119 e. The second-order valence-corrected chi connectivity index (χ2v) is 7.35. The van der Waals surface area contributed by atoms with E-state index >= 15 is 0 Å². The Bertz CT molecular complexity index is 559. The third-order valence-electron chi connectivity index (χ3n) is 3.06. The lowest BCUT2D eigenvalue weighted by molar-refractivity contribution is 0.106. The molecule has 1 aromatic heterocycles. The Morgan fingerprint density at radius 1 is 1.33 bits per heavy atom. The molecule has 114 valence electrons. The normalized spacial score (nSPS) is 12.3. The van der Waals surface area contributed by atoms with Crippen LogP contribution in [0.25, 0.3) is 0 Å². The molecule has 0 radical (unpaired) electrons. The topological polar surface area (TPSA) is 41.5 Å². The number of aliphatic hydroxyl groups excluding tert-OH is 1. The van der Waals surface area contributed by atoms with Crippen LogP contribution >= 0.6 is 27.3 Å². The van der Waals surface area contributed by atoms with Crippen molar-refractivity contribution in [2.24, 2.45) is 0 Å². The highest BCUT2D eigenvalue weighted by Gasteiger charge is 2.06. The van der Waals surface area contributed by atoms with Crippen molar-refractivity contribution in [3.63, 3.8) is 0 Å². The van der Waals surface area contributed by atoms with Gasteiger partial charge in [0.1, 0.15) is 18.5 Å². The molecule has 0 aliphatic rings. The highest BCUT2D eigenvalue weighted by atomic mass is 79.9. The lowest BCUT2D eigenvalue weighted by Crippen LogP contribution is -2.30. The average Bonchev–Trinajstić information content (AvgIpc) is 2.91. The van der Waals surface area contributed by atoms with Gasteiger partial charge in [-0.15, -0.1) is 11.3 Å². The van der Waals surface area contributed by atoms with E-state index in [0.717, 1.165) is 22.5 Å². The van der Waals surface area contributed by atoms with Gasteiger partial charge in [-0.1, -0.05) is 19.1 Å². The van der Waals surface area contributed by atoms with Gasteiger partial charge in [0.25, 0.3) is 0 Å². The molecule has 0 fully saturated rings. The Morgan fingerprint density at radius 2 is 2.19 bits per heavy atom. The minimum Gasteiger partial charge on any atom is -0.491 e. The molecule has 0 aliphatic heterocycles. The van der Waals surface area contributed by atoms with Crippen molar-refractivity contribution in [3.05, 3.63) is 50.6 Å². The number of ether oxygens (including phenoxy) is 1. The van der Waals surface area contributed by atoms with E-state index in [-0.39, 0.29) is 0 Å². The molecule has 2 rings (SSSR count). The van der Waals surface area contributed by atoms with Crippen LogP contribution in [-0.2, 0) is 13.0 Å². The Balaban J connectivity index is 1.68. The lowest BCUT2D eigenvalue weighted by Gasteiger charge is -2.13. The number of rotatable bonds is 8. The summed E-state index contributed by atoms with van der Waals surface area (Å²) in [6.07, 6.45) is 0.469. The number of halogens is 1. The monoisotopic (exact) mass is 369 g/mol. The summed E-state index contributed by atoms with van der Waals surface area (Å²) in [5.41, 5.74) is 1.24. The predicted octanol–water partition coefficient (Wildman–Crippen LogP) is 3.60. The standard InChI is InChI=1S/C16H20BrNO2S/c1-2-12-4-3-5-14(8-12)20-11-13(19)9-18-10-15-6-7-16(17)21-15/h3-8,13,18-19H,2,9-11H2,1H3. The predicted molar refractivity (Wildman–Crippen MR) is 91.0 cm³/mol. The highest BCUT2D eigenvalue weighted by molar-refractivity contribution is 9.11. The number of thiophene rings is 1. The van der Waals surface area contributed by atoms with Gasteiger partial charge < -0.3 is 15.2 Å². The van der Waals surface area contributed by atoms with Gasteiger partial charge in [0.2, 0.25) is 0 Å². The Morgan fingerprint density at radius 3 is 2.90 bits per heavy atom. The summed E-state index contributed by atoms with van der Waals surface area (Å²) in [5.74, 6) is 0.815. The van der Waals surface area contributed by atoms with Crippen molar-refractivity contribution >= 4 is 27.3 Å². The van der Waals surface area contributed by atoms with Gasteiger partial charge in [-0.2, -0.15) is 0 Å². The minimum atomic E-state index is -0.515. The zero-order valence-corrected chi connectivity index (χ0v) is 14.4. The fourth-order valence-electron chi connectivity index (χ4n) is 1.92. The van der Waals surface area contributed by atoms with Crippen LogP contribution in [0.2, 0.25) is 0 Å². The van der Waals surface area contributed by atoms with Crippen LogP contribution in [0.4, 0.5) is 0 Å². The van der Waals surface area contributed by atoms with Crippen LogP contribution in [0.5, 0.6) is 5.75 Å². The van der Waals surface area contributed by atoms with Crippen LogP contribution in [-0.4, -0.2) is 24.4 Å². The summed E-state index contributed by atoms with van der Waals surface area (Å²) in [5, 5.41) is 13.2. The van der Waals surface area contributed by atoms with Crippen molar-refractivity contribution in [3.8, 4) is 5.75 Å². The molecule has 5 heteroatoms. The van der Waals surface area contributed by atoms with Crippen molar-refractivity contribution in [1.29, 1.82) is 0 Å². The maximum atomic E-state index is 9.93. The fourth-order valence-corrected chi connectivity index (χ4v) is 3.37. The van der Waals surface area contributed by atoms with Crippen molar-refractivity contribution in [2.75, 3.05) is 13.2 Å². The molecule has 1 heterocycles. The van der Waals surface area contributed by atoms with E-state index in [4.69, 9.17) is 4.74 Å². The third-order valence-corrected chi connectivity index (χ3v) is 4.68. The number of benzene rings is 1. The van der Waals surface area contributed by atoms with Crippen LogP contribution in [0.15, 0.2) is 40.2 Å². The number of hydrogen-bond acceptors (Lipinski definition) is 4. The molecular weight excluding hydrogens is 350 g/mol. The molecule has 2 aromatic rings. The summed E-state index contributed by atoms with van der Waals surface area (Å²) in [7, 11) is 0. The van der Waals surface area contributed by atoms with E-state index in [2.05, 4.69) is 40.3 Å². The summed E-state index contributed by atoms with van der Waals surface area (Å²) < 4.78 is 6.75. The van der Waals surface area contributed by atoms with Crippen LogP contribution in [0, 0.1) is 0 Å². The number of aliphatic hydroxyl groups is 1. The zero-order valence-electron chi connectivity index (χ0n) is 12.0. The van der Waals surface area contributed by atoms with E-state index in [0.29, 0.717) is 13.2 Å². The molecule has 3 nitrogen and oxygen atoms in total. The first kappa shape index (κ1) is 16.5. The van der Waals surface area contributed by atoms with Crippen LogP contribution < -0.4 is 10.1 Å². The van der Waals surface area contributed by atoms with Crippen LogP contribution in [0.1, 0.15) is 17.4 Å². The molecular formula is C16H20BrNO2S. The Kier molecular flexibility index (Phi) is 6.70. The molecule has 2 N–H and O–H groups in total. The SMILES string of the molecule is CCc1cccc(OCC(O)CNCc2ccc(Br)s2)c1. The molecule has 0 saturated heterocycles. The van der Waals surface area contributed by atoms with E-state index in [9.17, 15) is 5.11 Å². The van der Waals surface area contributed by atoms with Gasteiger partial charge in [-0.25, -0.2) is 0 Å². The van der Waals surface area contributed by atoms with Gasteiger partial charge in [0.15, 0.2) is 0 Å². The van der Waals surface area contributed by atoms with E-state index in [1.54, 1.807) is 11.3 Å². The minimum absolute atomic E-state index is 0.300. The smallest absolute Gasteiger partial charge is 0.119 e. The molecule has 0 bridgehead atoms. The summed E-state index contributed by atoms with van der Waals surface area (Å²) in [6.45, 7) is 3.69. The number of aryl methyl sites for hydroxylation is 1. The molecule has 0 spiro atoms. The third kappa shape index (κ3) is 5.79. The molecule has 1 unspecified atom stereocenters. The van der Waals surface area contributed by atoms with E-state index in [1.807, 2.05) is 24.3 Å². The highest BCUT2D eigenvalue weighted by Crippen LogP contribution is 2.21. The zero-order chi connectivity index (χ0) is 15.1. The quantitative estimate of drug-likeness (QED) is 0.746. The van der Waals surface area contributed by atoms with Crippen molar-refractivity contribution in [1.82, 2.24) is 5.32 Å². The first-order valence-corrected chi connectivity index (χ1v) is 8.63. The molecule has 0 aliphatic carbocycles. The van der Waals surface area contributed by atoms with E-state index < -0.39 is 6.10 Å². The first-order valence-electron chi connectivity index (χ1n) is 7.02. The first-order chi connectivity index (χ1) is 10.2. The van der Waals surface area contributed by atoms with Gasteiger partial charge in [0.05, 0.1) is 3.79 Å². The molecule has 1 atom stereocenters. The fraction of sp³-hybridized carbons (Fsp3) is 0.375. The molecule has 0 amide bonds. The summed E-state index contributed by atoms with van der Waals surface area (Å²) >= 11 is 5.13. The van der Waals surface area contributed by atoms with Crippen LogP contribution in [0.3, 0.4) is 0 Å². The Labute approximate surface area is 138 Å². The molecule has 21 heavy (non-hydrogen) atoms. The van der Waals surface area contributed by atoms with Gasteiger partial charge in [0, 0.05) is 18.0 Å². The second kappa shape index (κ2) is 8.54. The average molecular weight is 370 g/mol. The molecule has 1 aromatic carbocycles. The van der Waals surface area contributed by atoms with Gasteiger partial charge in [-0.3, -0.25) is 0 Å². The van der Waals surface area contributed by atoms with Gasteiger partial charge in [-0.05, 0) is 52.2 Å². The van der Waals surface area contributed by atoms with Crippen molar-refractivity contribution < 1.29 is 9.84 Å². The summed E-state index contributed by atoms with van der Waals surface area (Å²) in [4.78, 5) is 1.24. The molecule has 0 saturated carbocycles. The summed E-state index contributed by atoms with van der Waals surface area (Å²) in [6, 6.07) is 12.1. The van der Waals surface area contributed by atoms with Gasteiger partial charge >= 0.3 is 0 Å². The number of nitrogens with one attached hydrogen (secondary N) is 1. The maximum absolute atomic E-state index is 9.93. The second-order valence-electron chi connectivity index (χ2n) is 4.80.